The van der Waals surface area contributed by atoms with Crippen LogP contribution in [-0.4, -0.2) is 29.5 Å². The van der Waals surface area contributed by atoms with E-state index < -0.39 is 0 Å². The predicted molar refractivity (Wildman–Crippen MR) is 50.3 cm³/mol. The minimum atomic E-state index is -0.312. The van der Waals surface area contributed by atoms with Gasteiger partial charge in [-0.15, -0.1) is 0 Å². The summed E-state index contributed by atoms with van der Waals surface area (Å²) in [5.41, 5.74) is 6.01. The van der Waals surface area contributed by atoms with Gasteiger partial charge in [-0.05, 0) is 38.5 Å². The molecule has 1 aliphatic heterocycles. The van der Waals surface area contributed by atoms with Crippen molar-refractivity contribution in [3.8, 4) is 0 Å². The van der Waals surface area contributed by atoms with Crippen molar-refractivity contribution in [3.63, 3.8) is 0 Å². The van der Waals surface area contributed by atoms with Crippen LogP contribution in [0.15, 0.2) is 0 Å². The highest BCUT2D eigenvalue weighted by Crippen LogP contribution is 2.43. The van der Waals surface area contributed by atoms with Crippen LogP contribution in [-0.2, 0) is 4.74 Å². The normalized spacial score (nSPS) is 42.2. The lowest BCUT2D eigenvalue weighted by Gasteiger charge is -2.31. The van der Waals surface area contributed by atoms with Crippen LogP contribution in [0.1, 0.15) is 32.6 Å². The molecular weight excluding hydrogens is 166 g/mol. The molecular formula is C10H19NO2. The molecule has 2 rings (SSSR count). The Morgan fingerprint density at radius 2 is 2.31 bits per heavy atom. The molecule has 0 aromatic rings. The molecule has 3 nitrogen and oxygen atoms in total. The Kier molecular flexibility index (Phi) is 2.34. The Bertz CT molecular complexity index is 191. The number of rotatable bonds is 3. The lowest BCUT2D eigenvalue weighted by molar-refractivity contribution is 0.0436. The van der Waals surface area contributed by atoms with Crippen LogP contribution in [0.5, 0.6) is 0 Å². The van der Waals surface area contributed by atoms with Crippen molar-refractivity contribution in [3.05, 3.63) is 0 Å². The van der Waals surface area contributed by atoms with Gasteiger partial charge in [0.05, 0.1) is 12.2 Å². The summed E-state index contributed by atoms with van der Waals surface area (Å²) < 4.78 is 5.66. The molecule has 0 aromatic heterocycles. The fraction of sp³-hybridized carbons (Fsp3) is 1.00. The first-order valence-electron chi connectivity index (χ1n) is 5.20. The molecule has 2 aliphatic rings. The van der Waals surface area contributed by atoms with E-state index in [0.29, 0.717) is 12.3 Å². The van der Waals surface area contributed by atoms with E-state index in [1.54, 1.807) is 6.92 Å². The number of aliphatic hydroxyl groups is 1. The average Bonchev–Trinajstić information content (AvgIpc) is 2.75. The molecule has 3 heteroatoms. The lowest BCUT2D eigenvalue weighted by Crippen LogP contribution is -2.50. The van der Waals surface area contributed by atoms with Gasteiger partial charge in [-0.25, -0.2) is 0 Å². The van der Waals surface area contributed by atoms with Gasteiger partial charge >= 0.3 is 0 Å². The van der Waals surface area contributed by atoms with Crippen LogP contribution in [0.4, 0.5) is 0 Å². The van der Waals surface area contributed by atoms with Crippen molar-refractivity contribution < 1.29 is 9.84 Å². The first-order chi connectivity index (χ1) is 6.12. The minimum absolute atomic E-state index is 0.210. The third-order valence-electron chi connectivity index (χ3n) is 3.16. The van der Waals surface area contributed by atoms with E-state index in [1.165, 1.54) is 12.8 Å². The van der Waals surface area contributed by atoms with Crippen molar-refractivity contribution in [2.24, 2.45) is 11.7 Å². The molecule has 0 radical (unpaired) electrons. The molecule has 76 valence electrons. The zero-order valence-corrected chi connectivity index (χ0v) is 8.20. The highest BCUT2D eigenvalue weighted by atomic mass is 16.5. The molecule has 1 aliphatic carbocycles. The van der Waals surface area contributed by atoms with Crippen molar-refractivity contribution in [2.75, 3.05) is 6.61 Å². The van der Waals surface area contributed by atoms with Crippen LogP contribution in [0.2, 0.25) is 0 Å². The van der Waals surface area contributed by atoms with Crippen molar-refractivity contribution in [1.29, 1.82) is 0 Å². The van der Waals surface area contributed by atoms with Gasteiger partial charge in [0.15, 0.2) is 0 Å². The van der Waals surface area contributed by atoms with Gasteiger partial charge in [0, 0.05) is 12.1 Å². The number of aliphatic hydroxyl groups excluding tert-OH is 1. The summed E-state index contributed by atoms with van der Waals surface area (Å²) in [5.74, 6) is 0.672. The monoisotopic (exact) mass is 185 g/mol. The quantitative estimate of drug-likeness (QED) is 0.679. The van der Waals surface area contributed by atoms with Gasteiger partial charge in [0.1, 0.15) is 0 Å². The highest BCUT2D eigenvalue weighted by Gasteiger charge is 2.48. The molecule has 3 N–H and O–H groups in total. The van der Waals surface area contributed by atoms with Crippen LogP contribution >= 0.6 is 0 Å². The molecule has 1 heterocycles. The maximum Gasteiger partial charge on any atom is 0.0784 e. The largest absolute Gasteiger partial charge is 0.393 e. The molecule has 2 fully saturated rings. The van der Waals surface area contributed by atoms with E-state index >= 15 is 0 Å². The van der Waals surface area contributed by atoms with Crippen LogP contribution in [0.3, 0.4) is 0 Å². The second-order valence-corrected chi connectivity index (χ2v) is 4.67. The van der Waals surface area contributed by atoms with E-state index in [0.717, 1.165) is 13.0 Å². The summed E-state index contributed by atoms with van der Waals surface area (Å²) in [6.45, 7) is 2.57. The van der Waals surface area contributed by atoms with Gasteiger partial charge in [0.2, 0.25) is 0 Å². The fourth-order valence-electron chi connectivity index (χ4n) is 2.46. The van der Waals surface area contributed by atoms with Crippen molar-refractivity contribution >= 4 is 0 Å². The second-order valence-electron chi connectivity index (χ2n) is 4.67. The lowest BCUT2D eigenvalue weighted by atomic mass is 9.84. The molecule has 3 unspecified atom stereocenters. The van der Waals surface area contributed by atoms with Gasteiger partial charge in [0.25, 0.3) is 0 Å². The van der Waals surface area contributed by atoms with Gasteiger partial charge in [-0.1, -0.05) is 0 Å². The first-order valence-corrected chi connectivity index (χ1v) is 5.20. The Morgan fingerprint density at radius 3 is 2.85 bits per heavy atom. The molecule has 3 atom stereocenters. The minimum Gasteiger partial charge on any atom is -0.393 e. The predicted octanol–water partition coefficient (Wildman–Crippen LogP) is 0.654. The smallest absolute Gasteiger partial charge is 0.0784 e. The number of hydrogen-bond donors (Lipinski definition) is 2. The Labute approximate surface area is 79.3 Å². The first kappa shape index (κ1) is 9.44. The van der Waals surface area contributed by atoms with Gasteiger partial charge < -0.3 is 15.6 Å². The van der Waals surface area contributed by atoms with E-state index in [9.17, 15) is 5.11 Å². The summed E-state index contributed by atoms with van der Waals surface area (Å²) in [6.07, 6.45) is 3.98. The fourth-order valence-corrected chi connectivity index (χ4v) is 2.46. The maximum atomic E-state index is 9.36. The van der Waals surface area contributed by atoms with E-state index in [1.807, 2.05) is 0 Å². The van der Waals surface area contributed by atoms with Crippen LogP contribution in [0.25, 0.3) is 0 Å². The zero-order valence-electron chi connectivity index (χ0n) is 8.20. The van der Waals surface area contributed by atoms with Gasteiger partial charge in [-0.2, -0.15) is 0 Å². The molecule has 0 spiro atoms. The number of ether oxygens (including phenoxy) is 1. The molecule has 0 aromatic carbocycles. The summed E-state index contributed by atoms with van der Waals surface area (Å²) in [6, 6.07) is 0. The number of hydrogen-bond acceptors (Lipinski definition) is 3. The molecule has 0 amide bonds. The molecule has 0 bridgehead atoms. The SMILES string of the molecule is CC(O)CC1(N)CCOC1C1CC1. The number of nitrogens with two attached hydrogens (primary N) is 1. The van der Waals surface area contributed by atoms with Crippen LogP contribution < -0.4 is 5.73 Å². The van der Waals surface area contributed by atoms with Crippen molar-refractivity contribution in [2.45, 2.75) is 50.4 Å². The second kappa shape index (κ2) is 3.23. The van der Waals surface area contributed by atoms with E-state index in [-0.39, 0.29) is 17.7 Å². The van der Waals surface area contributed by atoms with Crippen LogP contribution in [0, 0.1) is 5.92 Å². The summed E-state index contributed by atoms with van der Waals surface area (Å²) >= 11 is 0. The third kappa shape index (κ3) is 1.87. The molecule has 1 saturated carbocycles. The van der Waals surface area contributed by atoms with Gasteiger partial charge in [-0.3, -0.25) is 0 Å². The standard InChI is InChI=1S/C10H19NO2/c1-7(12)6-10(11)4-5-13-9(10)8-2-3-8/h7-9,12H,2-6,11H2,1H3. The zero-order chi connectivity index (χ0) is 9.47. The Balaban J connectivity index is 2.00. The third-order valence-corrected chi connectivity index (χ3v) is 3.16. The topological polar surface area (TPSA) is 55.5 Å². The molecule has 1 saturated heterocycles. The summed E-state index contributed by atoms with van der Waals surface area (Å²) in [7, 11) is 0. The molecule has 13 heavy (non-hydrogen) atoms. The highest BCUT2D eigenvalue weighted by molar-refractivity contribution is 5.03. The Morgan fingerprint density at radius 1 is 1.62 bits per heavy atom. The summed E-state index contributed by atoms with van der Waals surface area (Å²) in [4.78, 5) is 0. The maximum absolute atomic E-state index is 9.36. The summed E-state index contributed by atoms with van der Waals surface area (Å²) in [5, 5.41) is 9.36. The van der Waals surface area contributed by atoms with E-state index in [2.05, 4.69) is 0 Å². The van der Waals surface area contributed by atoms with Crippen molar-refractivity contribution in [1.82, 2.24) is 0 Å². The van der Waals surface area contributed by atoms with E-state index in [4.69, 9.17) is 10.5 Å². The average molecular weight is 185 g/mol. The Hall–Kier alpha value is -0.120.